The van der Waals surface area contributed by atoms with Crippen molar-refractivity contribution in [2.24, 2.45) is 11.8 Å². The molecule has 0 amide bonds. The average molecular weight is 563 g/mol. The molecule has 39 heavy (non-hydrogen) atoms. The number of hydrogen-bond acceptors (Lipinski definition) is 9. The van der Waals surface area contributed by atoms with Gasteiger partial charge in [-0.2, -0.15) is 0 Å². The number of hydrogen-bond donors (Lipinski definition) is 7. The third-order valence-electron chi connectivity index (χ3n) is 9.04. The van der Waals surface area contributed by atoms with Gasteiger partial charge in [-0.05, 0) is 24.7 Å². The van der Waals surface area contributed by atoms with Crippen LogP contribution in [0.1, 0.15) is 117 Å². The molecule has 0 bridgehead atoms. The quantitative estimate of drug-likeness (QED) is 0.117. The molecule has 9 nitrogen and oxygen atoms in total. The maximum atomic E-state index is 10.8. The van der Waals surface area contributed by atoms with Crippen LogP contribution in [0.25, 0.3) is 0 Å². The van der Waals surface area contributed by atoms with Crippen LogP contribution in [-0.4, -0.2) is 97.5 Å². The molecule has 2 rings (SSSR count). The zero-order chi connectivity index (χ0) is 28.8. The van der Waals surface area contributed by atoms with Crippen LogP contribution < -0.4 is 0 Å². The fourth-order valence-corrected chi connectivity index (χ4v) is 6.18. The molecule has 2 saturated heterocycles. The number of aliphatic hydroxyl groups excluding tert-OH is 6. The number of ether oxygens (including phenoxy) is 2. The van der Waals surface area contributed by atoms with Gasteiger partial charge in [0, 0.05) is 6.42 Å². The van der Waals surface area contributed by atoms with Gasteiger partial charge in [-0.3, -0.25) is 0 Å². The normalized spacial score (nSPS) is 35.2. The van der Waals surface area contributed by atoms with E-state index in [9.17, 15) is 35.7 Å². The zero-order valence-corrected chi connectivity index (χ0v) is 24.4. The first-order chi connectivity index (χ1) is 18.6. The largest absolute Gasteiger partial charge is 0.388 e. The van der Waals surface area contributed by atoms with E-state index in [0.717, 1.165) is 25.2 Å². The molecular weight excluding hydrogens is 504 g/mol. The predicted molar refractivity (Wildman–Crippen MR) is 149 cm³/mol. The summed E-state index contributed by atoms with van der Waals surface area (Å²) >= 11 is 0. The Hall–Kier alpha value is -0.360. The Bertz CT molecular complexity index is 638. The first-order valence-electron chi connectivity index (χ1n) is 15.7. The molecular formula is C30H58O9. The van der Waals surface area contributed by atoms with E-state index in [-0.39, 0.29) is 25.6 Å². The monoisotopic (exact) mass is 562 g/mol. The van der Waals surface area contributed by atoms with Gasteiger partial charge in [-0.15, -0.1) is 0 Å². The fraction of sp³-hybridized carbons (Fsp3) is 1.00. The molecule has 0 aromatic rings. The lowest BCUT2D eigenvalue weighted by atomic mass is 9.81. The minimum absolute atomic E-state index is 0.0370. The molecule has 9 heteroatoms. The van der Waals surface area contributed by atoms with Crippen LogP contribution in [0.15, 0.2) is 0 Å². The van der Waals surface area contributed by atoms with Crippen LogP contribution in [0.4, 0.5) is 0 Å². The Morgan fingerprint density at radius 1 is 0.667 bits per heavy atom. The fourth-order valence-electron chi connectivity index (χ4n) is 6.18. The number of aliphatic hydroxyl groups is 7. The van der Waals surface area contributed by atoms with E-state index in [1.54, 1.807) is 0 Å². The second kappa shape index (κ2) is 18.2. The van der Waals surface area contributed by atoms with Crippen molar-refractivity contribution in [2.45, 2.75) is 165 Å². The minimum Gasteiger partial charge on any atom is -0.388 e. The zero-order valence-electron chi connectivity index (χ0n) is 24.4. The van der Waals surface area contributed by atoms with E-state index in [1.165, 1.54) is 64.2 Å². The molecule has 0 spiro atoms. The highest BCUT2D eigenvalue weighted by Gasteiger charge is 2.49. The highest BCUT2D eigenvalue weighted by molar-refractivity contribution is 4.94. The van der Waals surface area contributed by atoms with Crippen molar-refractivity contribution in [3.8, 4) is 0 Å². The summed E-state index contributed by atoms with van der Waals surface area (Å²) in [4.78, 5) is 0. The van der Waals surface area contributed by atoms with E-state index in [0.29, 0.717) is 12.8 Å². The Morgan fingerprint density at radius 2 is 1.23 bits per heavy atom. The predicted octanol–water partition coefficient (Wildman–Crippen LogP) is 2.78. The summed E-state index contributed by atoms with van der Waals surface area (Å²) in [5.41, 5.74) is 0. The molecule has 0 saturated carbocycles. The Labute approximate surface area is 235 Å². The van der Waals surface area contributed by atoms with Crippen molar-refractivity contribution in [3.05, 3.63) is 0 Å². The lowest BCUT2D eigenvalue weighted by molar-refractivity contribution is -0.325. The molecule has 2 aliphatic rings. The SMILES string of the molecule is CCCCCCCC(CC)CCCCCCCC(CC[C@@]1(O)OC[C@@H](O)[C@H](O)[C@H]1O)[C@@H]1OC[C@@H](O)[C@H](O)[C@H]1O. The van der Waals surface area contributed by atoms with Gasteiger partial charge in [-0.1, -0.05) is 97.3 Å². The van der Waals surface area contributed by atoms with Crippen molar-refractivity contribution in [1.82, 2.24) is 0 Å². The topological polar surface area (TPSA) is 160 Å². The standard InChI is InChI=1S/C30H58O9/c1-3-5-6-8-11-14-21(4-2)15-12-9-7-10-13-16-22(28-27(35)25(33)23(31)19-38-28)17-18-30(37)29(36)26(34)24(32)20-39-30/h21-29,31-37H,3-20H2,1-2H3/t21?,22?,23-,24-,25+,26+,27-,28+,29-,30-/m1/s1. The summed E-state index contributed by atoms with van der Waals surface area (Å²) in [7, 11) is 0. The summed E-state index contributed by atoms with van der Waals surface area (Å²) in [6.45, 7) is 4.15. The third-order valence-corrected chi connectivity index (χ3v) is 9.04. The second-order valence-electron chi connectivity index (χ2n) is 12.1. The van der Waals surface area contributed by atoms with Crippen molar-refractivity contribution in [1.29, 1.82) is 0 Å². The van der Waals surface area contributed by atoms with Gasteiger partial charge in [0.05, 0.1) is 19.3 Å². The van der Waals surface area contributed by atoms with Crippen LogP contribution in [0.5, 0.6) is 0 Å². The molecule has 10 atom stereocenters. The Kier molecular flexibility index (Phi) is 16.3. The molecule has 232 valence electrons. The highest BCUT2D eigenvalue weighted by atomic mass is 16.6. The molecule has 2 unspecified atom stereocenters. The Morgan fingerprint density at radius 3 is 1.85 bits per heavy atom. The van der Waals surface area contributed by atoms with Gasteiger partial charge in [0.15, 0.2) is 5.79 Å². The second-order valence-corrected chi connectivity index (χ2v) is 12.1. The van der Waals surface area contributed by atoms with E-state index >= 15 is 0 Å². The minimum atomic E-state index is -2.03. The highest BCUT2D eigenvalue weighted by Crippen LogP contribution is 2.34. The van der Waals surface area contributed by atoms with E-state index in [2.05, 4.69) is 13.8 Å². The molecule has 2 fully saturated rings. The summed E-state index contributed by atoms with van der Waals surface area (Å²) in [6.07, 6.45) is 7.98. The molecule has 7 N–H and O–H groups in total. The maximum absolute atomic E-state index is 10.8. The van der Waals surface area contributed by atoms with E-state index in [1.807, 2.05) is 0 Å². The van der Waals surface area contributed by atoms with Crippen LogP contribution in [0, 0.1) is 11.8 Å². The Balaban J connectivity index is 1.79. The lowest BCUT2D eigenvalue weighted by Crippen LogP contribution is -2.61. The lowest BCUT2D eigenvalue weighted by Gasteiger charge is -2.43. The van der Waals surface area contributed by atoms with Crippen LogP contribution in [0.2, 0.25) is 0 Å². The average Bonchev–Trinajstić information content (AvgIpc) is 2.93. The molecule has 0 aromatic heterocycles. The maximum Gasteiger partial charge on any atom is 0.194 e. The van der Waals surface area contributed by atoms with Gasteiger partial charge in [0.2, 0.25) is 0 Å². The van der Waals surface area contributed by atoms with Crippen molar-refractivity contribution >= 4 is 0 Å². The number of rotatable bonds is 19. The van der Waals surface area contributed by atoms with Gasteiger partial charge in [-0.25, -0.2) is 0 Å². The molecule has 2 aliphatic heterocycles. The van der Waals surface area contributed by atoms with Crippen molar-refractivity contribution in [2.75, 3.05) is 13.2 Å². The van der Waals surface area contributed by atoms with Gasteiger partial charge >= 0.3 is 0 Å². The molecule has 0 aromatic carbocycles. The van der Waals surface area contributed by atoms with E-state index < -0.39 is 48.5 Å². The van der Waals surface area contributed by atoms with E-state index in [4.69, 9.17) is 9.47 Å². The molecule has 0 aliphatic carbocycles. The summed E-state index contributed by atoms with van der Waals surface area (Å²) in [5, 5.41) is 71.5. The number of unbranched alkanes of at least 4 members (excludes halogenated alkanes) is 8. The summed E-state index contributed by atoms with van der Waals surface area (Å²) in [5.74, 6) is -1.46. The first-order valence-corrected chi connectivity index (χ1v) is 15.7. The van der Waals surface area contributed by atoms with Crippen LogP contribution in [0.3, 0.4) is 0 Å². The molecule has 0 radical (unpaired) electrons. The van der Waals surface area contributed by atoms with Crippen molar-refractivity contribution < 1.29 is 45.2 Å². The summed E-state index contributed by atoms with van der Waals surface area (Å²) in [6, 6.07) is 0. The van der Waals surface area contributed by atoms with Gasteiger partial charge in [0.25, 0.3) is 0 Å². The third kappa shape index (κ3) is 11.1. The first kappa shape index (κ1) is 34.8. The van der Waals surface area contributed by atoms with Crippen molar-refractivity contribution in [3.63, 3.8) is 0 Å². The van der Waals surface area contributed by atoms with Crippen LogP contribution in [-0.2, 0) is 9.47 Å². The smallest absolute Gasteiger partial charge is 0.194 e. The van der Waals surface area contributed by atoms with Crippen LogP contribution >= 0.6 is 0 Å². The van der Waals surface area contributed by atoms with Gasteiger partial charge < -0.3 is 45.2 Å². The molecule has 2 heterocycles. The summed E-state index contributed by atoms with van der Waals surface area (Å²) < 4.78 is 11.0. The van der Waals surface area contributed by atoms with Gasteiger partial charge in [0.1, 0.15) is 36.6 Å².